The third kappa shape index (κ3) is 2.44. The molecular weight excluding hydrogens is 222 g/mol. The Kier molecular flexibility index (Phi) is 2.89. The summed E-state index contributed by atoms with van der Waals surface area (Å²) in [6, 6.07) is -0.581. The fourth-order valence-corrected chi connectivity index (χ4v) is 2.60. The van der Waals surface area contributed by atoms with Gasteiger partial charge in [0.25, 0.3) is 0 Å². The molecule has 0 unspecified atom stereocenters. The van der Waals surface area contributed by atoms with Crippen LogP contribution in [-0.2, 0) is 9.53 Å². The number of carbonyl (C=O) groups excluding carboxylic acids is 2. The number of Topliss-reactive ketones (excluding diaryl/α,β-unsaturated/α-hetero) is 1. The highest BCUT2D eigenvalue weighted by molar-refractivity contribution is 5.84. The lowest BCUT2D eigenvalue weighted by molar-refractivity contribution is -0.123. The van der Waals surface area contributed by atoms with Crippen LogP contribution in [0.5, 0.6) is 0 Å². The van der Waals surface area contributed by atoms with Gasteiger partial charge in [0.05, 0.1) is 12.1 Å². The van der Waals surface area contributed by atoms with Gasteiger partial charge in [-0.3, -0.25) is 9.69 Å². The van der Waals surface area contributed by atoms with Crippen LogP contribution >= 0.6 is 0 Å². The summed E-state index contributed by atoms with van der Waals surface area (Å²) >= 11 is 0. The molecule has 0 aliphatic carbocycles. The van der Waals surface area contributed by atoms with Crippen molar-refractivity contribution in [2.24, 2.45) is 0 Å². The predicted octanol–water partition coefficient (Wildman–Crippen LogP) is 1.09. The highest BCUT2D eigenvalue weighted by atomic mass is 16.6. The first-order chi connectivity index (χ1) is 7.78. The highest BCUT2D eigenvalue weighted by Gasteiger charge is 2.49. The van der Waals surface area contributed by atoms with Crippen molar-refractivity contribution >= 4 is 11.9 Å². The van der Waals surface area contributed by atoms with Gasteiger partial charge in [0.1, 0.15) is 11.4 Å². The Bertz CT molecular complexity index is 347. The number of nitrogens with zero attached hydrogens (tertiary/aromatic N) is 1. The van der Waals surface area contributed by atoms with Gasteiger partial charge >= 0.3 is 6.09 Å². The summed E-state index contributed by atoms with van der Waals surface area (Å²) < 4.78 is 5.31. The predicted molar refractivity (Wildman–Crippen MR) is 60.5 cm³/mol. The second-order valence-electron chi connectivity index (χ2n) is 5.86. The standard InChI is InChI=1S/C12H19NO4/c1-12(2,3)17-11(16)13-7-4-8(14)6-9(13)10(15)5-7/h7,9-10,15H,4-6H2,1-3H3/t7-,9+,10-/m0/s1. The fraction of sp³-hybridized carbons (Fsp3) is 0.833. The van der Waals surface area contributed by atoms with E-state index in [2.05, 4.69) is 0 Å². The Hall–Kier alpha value is -1.10. The van der Waals surface area contributed by atoms with Crippen molar-refractivity contribution in [1.82, 2.24) is 4.90 Å². The summed E-state index contributed by atoms with van der Waals surface area (Å²) in [6.07, 6.45) is 0.0508. The number of hydrogen-bond acceptors (Lipinski definition) is 4. The first kappa shape index (κ1) is 12.4. The van der Waals surface area contributed by atoms with E-state index in [4.69, 9.17) is 4.74 Å². The average molecular weight is 241 g/mol. The number of aliphatic hydroxyl groups excluding tert-OH is 1. The number of fused-ring (bicyclic) bond motifs is 2. The lowest BCUT2D eigenvalue weighted by Gasteiger charge is -2.35. The monoisotopic (exact) mass is 241 g/mol. The fourth-order valence-electron chi connectivity index (χ4n) is 2.60. The molecule has 2 aliphatic heterocycles. The van der Waals surface area contributed by atoms with E-state index in [0.29, 0.717) is 12.8 Å². The Morgan fingerprint density at radius 3 is 2.59 bits per heavy atom. The number of carbonyl (C=O) groups is 2. The molecule has 3 atom stereocenters. The number of ketones is 1. The Morgan fingerprint density at radius 2 is 2.06 bits per heavy atom. The maximum atomic E-state index is 12.0. The molecule has 0 aromatic rings. The molecule has 17 heavy (non-hydrogen) atoms. The van der Waals surface area contributed by atoms with Gasteiger partial charge in [-0.2, -0.15) is 0 Å². The van der Waals surface area contributed by atoms with Crippen LogP contribution in [0.4, 0.5) is 4.79 Å². The lowest BCUT2D eigenvalue weighted by atomic mass is 10.0. The van der Waals surface area contributed by atoms with E-state index < -0.39 is 23.8 Å². The Balaban J connectivity index is 2.12. The molecular formula is C12H19NO4. The van der Waals surface area contributed by atoms with Crippen LogP contribution in [0.1, 0.15) is 40.0 Å². The van der Waals surface area contributed by atoms with E-state index in [1.165, 1.54) is 0 Å². The molecule has 0 spiro atoms. The van der Waals surface area contributed by atoms with Crippen molar-refractivity contribution in [2.45, 2.75) is 63.8 Å². The Labute approximate surface area is 101 Å². The van der Waals surface area contributed by atoms with E-state index in [1.54, 1.807) is 25.7 Å². The van der Waals surface area contributed by atoms with Gasteiger partial charge in [0.2, 0.25) is 0 Å². The van der Waals surface area contributed by atoms with Gasteiger partial charge in [-0.05, 0) is 27.2 Å². The van der Waals surface area contributed by atoms with Crippen LogP contribution in [0, 0.1) is 0 Å². The molecule has 0 aromatic carbocycles. The van der Waals surface area contributed by atoms with Crippen molar-refractivity contribution in [3.05, 3.63) is 0 Å². The second-order valence-corrected chi connectivity index (χ2v) is 5.86. The van der Waals surface area contributed by atoms with E-state index >= 15 is 0 Å². The van der Waals surface area contributed by atoms with Gasteiger partial charge in [0.15, 0.2) is 0 Å². The summed E-state index contributed by atoms with van der Waals surface area (Å²) in [5.41, 5.74) is -0.553. The topological polar surface area (TPSA) is 66.8 Å². The molecule has 0 radical (unpaired) electrons. The number of ether oxygens (including phenoxy) is 1. The van der Waals surface area contributed by atoms with E-state index in [-0.39, 0.29) is 18.2 Å². The summed E-state index contributed by atoms with van der Waals surface area (Å²) in [7, 11) is 0. The van der Waals surface area contributed by atoms with Gasteiger partial charge in [-0.15, -0.1) is 0 Å². The highest BCUT2D eigenvalue weighted by Crippen LogP contribution is 2.35. The van der Waals surface area contributed by atoms with Crippen molar-refractivity contribution in [1.29, 1.82) is 0 Å². The van der Waals surface area contributed by atoms with Crippen molar-refractivity contribution in [2.75, 3.05) is 0 Å². The average Bonchev–Trinajstić information content (AvgIpc) is 2.32. The molecule has 2 rings (SSSR count). The maximum absolute atomic E-state index is 12.0. The van der Waals surface area contributed by atoms with Crippen LogP contribution in [0.3, 0.4) is 0 Å². The zero-order chi connectivity index (χ0) is 12.8. The molecule has 1 N–H and O–H groups in total. The first-order valence-electron chi connectivity index (χ1n) is 5.99. The molecule has 2 heterocycles. The number of aliphatic hydroxyl groups is 1. The summed E-state index contributed by atoms with van der Waals surface area (Å²) in [5, 5.41) is 9.83. The van der Waals surface area contributed by atoms with Gasteiger partial charge < -0.3 is 9.84 Å². The van der Waals surface area contributed by atoms with Crippen molar-refractivity contribution in [3.63, 3.8) is 0 Å². The normalized spacial score (nSPS) is 32.8. The van der Waals surface area contributed by atoms with Gasteiger partial charge in [0, 0.05) is 18.9 Å². The number of piperidine rings is 1. The first-order valence-corrected chi connectivity index (χ1v) is 5.99. The van der Waals surface area contributed by atoms with Crippen LogP contribution in [0.15, 0.2) is 0 Å². The van der Waals surface area contributed by atoms with Crippen LogP contribution in [-0.4, -0.2) is 45.7 Å². The third-order valence-electron chi connectivity index (χ3n) is 3.21. The van der Waals surface area contributed by atoms with E-state index in [0.717, 1.165) is 0 Å². The van der Waals surface area contributed by atoms with Crippen molar-refractivity contribution in [3.8, 4) is 0 Å². The van der Waals surface area contributed by atoms with Crippen LogP contribution in [0.25, 0.3) is 0 Å². The van der Waals surface area contributed by atoms with Gasteiger partial charge in [-0.1, -0.05) is 0 Å². The molecule has 1 amide bonds. The number of hydrogen-bond donors (Lipinski definition) is 1. The van der Waals surface area contributed by atoms with E-state index in [1.807, 2.05) is 0 Å². The third-order valence-corrected chi connectivity index (χ3v) is 3.21. The molecule has 96 valence electrons. The van der Waals surface area contributed by atoms with Crippen molar-refractivity contribution < 1.29 is 19.4 Å². The molecule has 0 saturated carbocycles. The molecule has 2 saturated heterocycles. The smallest absolute Gasteiger partial charge is 0.410 e. The van der Waals surface area contributed by atoms with E-state index in [9.17, 15) is 14.7 Å². The maximum Gasteiger partial charge on any atom is 0.410 e. The molecule has 5 nitrogen and oxygen atoms in total. The lowest BCUT2D eigenvalue weighted by Crippen LogP contribution is -2.50. The zero-order valence-corrected chi connectivity index (χ0v) is 10.5. The largest absolute Gasteiger partial charge is 0.444 e. The zero-order valence-electron chi connectivity index (χ0n) is 10.5. The second kappa shape index (κ2) is 3.98. The summed E-state index contributed by atoms with van der Waals surface area (Å²) in [6.45, 7) is 5.41. The van der Waals surface area contributed by atoms with Crippen LogP contribution < -0.4 is 0 Å². The number of amides is 1. The molecule has 2 fully saturated rings. The van der Waals surface area contributed by atoms with Gasteiger partial charge in [-0.25, -0.2) is 4.79 Å². The minimum atomic E-state index is -0.598. The summed E-state index contributed by atoms with van der Waals surface area (Å²) in [4.78, 5) is 25.0. The minimum absolute atomic E-state index is 0.122. The molecule has 5 heteroatoms. The minimum Gasteiger partial charge on any atom is -0.444 e. The Morgan fingerprint density at radius 1 is 1.41 bits per heavy atom. The van der Waals surface area contributed by atoms with Crippen LogP contribution in [0.2, 0.25) is 0 Å². The molecule has 0 aromatic heterocycles. The quantitative estimate of drug-likeness (QED) is 0.689. The molecule has 2 bridgehead atoms. The number of rotatable bonds is 0. The SMILES string of the molecule is CC(C)(C)OC(=O)N1[C@H]2CC(=O)C[C@@H]1[C@@H](O)C2. The summed E-state index contributed by atoms with van der Waals surface area (Å²) in [5.74, 6) is 0.122. The molecule has 2 aliphatic rings.